The van der Waals surface area contributed by atoms with Crippen molar-refractivity contribution in [2.45, 2.75) is 40.0 Å². The third-order valence-electron chi connectivity index (χ3n) is 3.43. The molecule has 0 aliphatic rings. The molecule has 4 heteroatoms. The fourth-order valence-corrected chi connectivity index (χ4v) is 1.99. The van der Waals surface area contributed by atoms with Crippen LogP contribution in [-0.4, -0.2) is 17.6 Å². The summed E-state index contributed by atoms with van der Waals surface area (Å²) in [6.07, 6.45) is 2.26. The van der Waals surface area contributed by atoms with Crippen molar-refractivity contribution in [2.24, 2.45) is 11.7 Å². The number of nitrogens with one attached hydrogen (secondary N) is 1. The zero-order valence-electron chi connectivity index (χ0n) is 12.0. The molecule has 0 fully saturated rings. The number of aryl methyl sites for hydroxylation is 1. The number of phenols is 1. The Bertz CT molecular complexity index is 444. The number of hydrogen-bond acceptors (Lipinski definition) is 3. The van der Waals surface area contributed by atoms with Crippen molar-refractivity contribution >= 4 is 11.6 Å². The molecule has 0 spiro atoms. The van der Waals surface area contributed by atoms with E-state index in [1.807, 2.05) is 13.0 Å². The van der Waals surface area contributed by atoms with E-state index in [0.717, 1.165) is 18.4 Å². The van der Waals surface area contributed by atoms with Gasteiger partial charge in [0, 0.05) is 17.7 Å². The zero-order chi connectivity index (χ0) is 14.4. The van der Waals surface area contributed by atoms with E-state index in [9.17, 15) is 9.90 Å². The quantitative estimate of drug-likeness (QED) is 0.739. The fourth-order valence-electron chi connectivity index (χ4n) is 1.99. The molecule has 0 saturated heterocycles. The topological polar surface area (TPSA) is 75.4 Å². The highest BCUT2D eigenvalue weighted by Crippen LogP contribution is 2.28. The molecule has 0 saturated carbocycles. The van der Waals surface area contributed by atoms with Crippen LogP contribution in [0.3, 0.4) is 0 Å². The monoisotopic (exact) mass is 264 g/mol. The average Bonchev–Trinajstić information content (AvgIpc) is 2.37. The Morgan fingerprint density at radius 3 is 2.68 bits per heavy atom. The van der Waals surface area contributed by atoms with Crippen molar-refractivity contribution in [3.63, 3.8) is 0 Å². The molecule has 19 heavy (non-hydrogen) atoms. The van der Waals surface area contributed by atoms with E-state index in [-0.39, 0.29) is 11.7 Å². The highest BCUT2D eigenvalue weighted by Gasteiger charge is 2.10. The summed E-state index contributed by atoms with van der Waals surface area (Å²) in [7, 11) is 0. The SMILES string of the molecule is Cc1ccc(NC(=O)CCC(C)CCN)c(C)c1O. The first-order chi connectivity index (χ1) is 8.95. The second-order valence-corrected chi connectivity index (χ2v) is 5.17. The molecule has 0 aromatic heterocycles. The van der Waals surface area contributed by atoms with Gasteiger partial charge in [-0.1, -0.05) is 13.0 Å². The van der Waals surface area contributed by atoms with Crippen molar-refractivity contribution in [3.8, 4) is 5.75 Å². The van der Waals surface area contributed by atoms with Gasteiger partial charge >= 0.3 is 0 Å². The molecule has 106 valence electrons. The zero-order valence-corrected chi connectivity index (χ0v) is 12.0. The summed E-state index contributed by atoms with van der Waals surface area (Å²) in [6.45, 7) is 6.40. The van der Waals surface area contributed by atoms with Gasteiger partial charge < -0.3 is 16.2 Å². The number of amides is 1. The molecule has 4 nitrogen and oxygen atoms in total. The molecule has 4 N–H and O–H groups in total. The fraction of sp³-hybridized carbons (Fsp3) is 0.533. The lowest BCUT2D eigenvalue weighted by atomic mass is 10.0. The Balaban J connectivity index is 2.56. The molecule has 1 rings (SSSR count). The summed E-state index contributed by atoms with van der Waals surface area (Å²) in [5.74, 6) is 0.688. The molecule has 1 aromatic carbocycles. The highest BCUT2D eigenvalue weighted by atomic mass is 16.3. The van der Waals surface area contributed by atoms with E-state index in [1.54, 1.807) is 13.0 Å². The minimum Gasteiger partial charge on any atom is -0.507 e. The van der Waals surface area contributed by atoms with E-state index >= 15 is 0 Å². The average molecular weight is 264 g/mol. The predicted octanol–water partition coefficient (Wildman–Crippen LogP) is 2.71. The van der Waals surface area contributed by atoms with Crippen molar-refractivity contribution < 1.29 is 9.90 Å². The Morgan fingerprint density at radius 2 is 2.05 bits per heavy atom. The van der Waals surface area contributed by atoms with Gasteiger partial charge in [-0.2, -0.15) is 0 Å². The van der Waals surface area contributed by atoms with Crippen LogP contribution in [-0.2, 0) is 4.79 Å². The second kappa shape index (κ2) is 7.14. The smallest absolute Gasteiger partial charge is 0.224 e. The van der Waals surface area contributed by atoms with Crippen LogP contribution in [0.4, 0.5) is 5.69 Å². The highest BCUT2D eigenvalue weighted by molar-refractivity contribution is 5.91. The van der Waals surface area contributed by atoms with Crippen LogP contribution >= 0.6 is 0 Å². The standard InChI is InChI=1S/C15H24N2O2/c1-10(8-9-16)4-7-14(18)17-13-6-5-11(2)15(19)12(13)3/h5-6,10,19H,4,7-9,16H2,1-3H3,(H,17,18). The molecule has 0 aliphatic carbocycles. The number of nitrogens with two attached hydrogens (primary N) is 1. The van der Waals surface area contributed by atoms with Crippen LogP contribution in [0.5, 0.6) is 5.75 Å². The largest absolute Gasteiger partial charge is 0.507 e. The normalized spacial score (nSPS) is 12.2. The van der Waals surface area contributed by atoms with Crippen molar-refractivity contribution in [2.75, 3.05) is 11.9 Å². The summed E-state index contributed by atoms with van der Waals surface area (Å²) < 4.78 is 0. The van der Waals surface area contributed by atoms with Gasteiger partial charge in [0.2, 0.25) is 5.91 Å². The van der Waals surface area contributed by atoms with Crippen molar-refractivity contribution in [1.82, 2.24) is 0 Å². The molecule has 0 radical (unpaired) electrons. The molecule has 1 unspecified atom stereocenters. The van der Waals surface area contributed by atoms with E-state index in [4.69, 9.17) is 5.73 Å². The first-order valence-electron chi connectivity index (χ1n) is 6.74. The first kappa shape index (κ1) is 15.5. The lowest BCUT2D eigenvalue weighted by Crippen LogP contribution is -2.14. The minimum atomic E-state index is -0.0183. The molecule has 0 aliphatic heterocycles. The number of phenolic OH excluding ortho intramolecular Hbond substituents is 1. The summed E-state index contributed by atoms with van der Waals surface area (Å²) in [6, 6.07) is 3.63. The van der Waals surface area contributed by atoms with E-state index in [0.29, 0.717) is 30.1 Å². The number of carbonyl (C=O) groups is 1. The molecule has 1 amide bonds. The van der Waals surface area contributed by atoms with Gasteiger partial charge in [0.25, 0.3) is 0 Å². The van der Waals surface area contributed by atoms with Crippen LogP contribution in [0.25, 0.3) is 0 Å². The maximum atomic E-state index is 11.8. The third-order valence-corrected chi connectivity index (χ3v) is 3.43. The van der Waals surface area contributed by atoms with E-state index in [1.165, 1.54) is 0 Å². The van der Waals surface area contributed by atoms with Crippen LogP contribution in [0.15, 0.2) is 12.1 Å². The molecular formula is C15H24N2O2. The molecule has 1 aromatic rings. The predicted molar refractivity (Wildman–Crippen MR) is 78.3 cm³/mol. The van der Waals surface area contributed by atoms with Crippen LogP contribution < -0.4 is 11.1 Å². The van der Waals surface area contributed by atoms with E-state index < -0.39 is 0 Å². The Hall–Kier alpha value is -1.55. The number of benzene rings is 1. The molecule has 0 bridgehead atoms. The number of anilines is 1. The summed E-state index contributed by atoms with van der Waals surface area (Å²) in [4.78, 5) is 11.8. The third kappa shape index (κ3) is 4.56. The van der Waals surface area contributed by atoms with Gasteiger partial charge in [0.1, 0.15) is 5.75 Å². The van der Waals surface area contributed by atoms with Crippen molar-refractivity contribution in [1.29, 1.82) is 0 Å². The number of hydrogen-bond donors (Lipinski definition) is 3. The molecular weight excluding hydrogens is 240 g/mol. The van der Waals surface area contributed by atoms with Gasteiger partial charge in [-0.3, -0.25) is 4.79 Å². The Labute approximate surface area is 115 Å². The molecule has 1 atom stereocenters. The summed E-state index contributed by atoms with van der Waals surface area (Å²) in [5, 5.41) is 12.7. The molecule has 0 heterocycles. The van der Waals surface area contributed by atoms with Crippen LogP contribution in [0.1, 0.15) is 37.3 Å². The minimum absolute atomic E-state index is 0.0183. The summed E-state index contributed by atoms with van der Waals surface area (Å²) in [5.41, 5.74) is 7.69. The van der Waals surface area contributed by atoms with Crippen molar-refractivity contribution in [3.05, 3.63) is 23.3 Å². The number of aromatic hydroxyl groups is 1. The Kier molecular flexibility index (Phi) is 5.83. The lowest BCUT2D eigenvalue weighted by Gasteiger charge is -2.13. The second-order valence-electron chi connectivity index (χ2n) is 5.17. The maximum absolute atomic E-state index is 11.8. The van der Waals surface area contributed by atoms with Gasteiger partial charge in [0.05, 0.1) is 0 Å². The number of rotatable bonds is 6. The lowest BCUT2D eigenvalue weighted by molar-refractivity contribution is -0.116. The van der Waals surface area contributed by atoms with Gasteiger partial charge in [0.15, 0.2) is 0 Å². The Morgan fingerprint density at radius 1 is 1.37 bits per heavy atom. The number of carbonyl (C=O) groups excluding carboxylic acids is 1. The van der Waals surface area contributed by atoms with Gasteiger partial charge in [-0.25, -0.2) is 0 Å². The van der Waals surface area contributed by atoms with Crippen LogP contribution in [0, 0.1) is 19.8 Å². The van der Waals surface area contributed by atoms with Gasteiger partial charge in [-0.15, -0.1) is 0 Å². The van der Waals surface area contributed by atoms with Crippen LogP contribution in [0.2, 0.25) is 0 Å². The summed E-state index contributed by atoms with van der Waals surface area (Å²) >= 11 is 0. The first-order valence-corrected chi connectivity index (χ1v) is 6.74. The maximum Gasteiger partial charge on any atom is 0.224 e. The van der Waals surface area contributed by atoms with Gasteiger partial charge in [-0.05, 0) is 50.8 Å². The van der Waals surface area contributed by atoms with E-state index in [2.05, 4.69) is 12.2 Å².